The first-order valence-electron chi connectivity index (χ1n) is 9.62. The lowest BCUT2D eigenvalue weighted by Gasteiger charge is -2.38. The monoisotopic (exact) mass is 415 g/mol. The van der Waals surface area contributed by atoms with Crippen molar-refractivity contribution >= 4 is 15.9 Å². The highest BCUT2D eigenvalue weighted by Gasteiger charge is 2.32. The first-order valence-corrected chi connectivity index (χ1v) is 11.1. The molecule has 0 N–H and O–H groups in total. The topological polar surface area (TPSA) is 60.9 Å². The van der Waals surface area contributed by atoms with Crippen molar-refractivity contribution in [3.8, 4) is 0 Å². The van der Waals surface area contributed by atoms with Crippen molar-refractivity contribution in [2.24, 2.45) is 11.8 Å². The first-order chi connectivity index (χ1) is 13.2. The number of likely N-dealkylation sites (tertiary alicyclic amines) is 1. The van der Waals surface area contributed by atoms with Gasteiger partial charge in [0.15, 0.2) is 0 Å². The highest BCUT2D eigenvalue weighted by molar-refractivity contribution is 7.89. The smallest absolute Gasteiger partial charge is 0.246 e. The average Bonchev–Trinajstić information content (AvgIpc) is 2.61. The lowest BCUT2D eigenvalue weighted by molar-refractivity contribution is -0.135. The van der Waals surface area contributed by atoms with Crippen LogP contribution in [-0.2, 0) is 14.8 Å². The highest BCUT2D eigenvalue weighted by atomic mass is 32.2. The summed E-state index contributed by atoms with van der Waals surface area (Å²) in [5.74, 6) is -0.869. The molecule has 1 aromatic carbocycles. The predicted octanol–water partition coefficient (Wildman–Crippen LogP) is 1.78. The molecule has 0 saturated carbocycles. The number of sulfonamides is 1. The van der Waals surface area contributed by atoms with E-state index in [0.717, 1.165) is 31.6 Å². The summed E-state index contributed by atoms with van der Waals surface area (Å²) in [6.45, 7) is 7.21. The lowest BCUT2D eigenvalue weighted by atomic mass is 9.92. The quantitative estimate of drug-likeness (QED) is 0.752. The Labute approximate surface area is 165 Å². The van der Waals surface area contributed by atoms with Crippen molar-refractivity contribution < 1.29 is 22.0 Å². The fraction of sp³-hybridized carbons (Fsp3) is 0.632. The van der Waals surface area contributed by atoms with E-state index >= 15 is 0 Å². The molecule has 0 aromatic heterocycles. The standard InChI is InChI=1S/C19H27F2N3O3S/c1-14-9-15(2)12-23(11-14)19(25)13-22-5-7-24(8-6-22)28(26,27)18-4-3-16(20)10-17(18)21/h3-4,10,14-15H,5-9,11-13H2,1-2H3. The van der Waals surface area contributed by atoms with Crippen molar-refractivity contribution in [1.82, 2.24) is 14.1 Å². The van der Waals surface area contributed by atoms with Gasteiger partial charge in [-0.25, -0.2) is 17.2 Å². The van der Waals surface area contributed by atoms with E-state index in [4.69, 9.17) is 0 Å². The van der Waals surface area contributed by atoms with Gasteiger partial charge in [0.2, 0.25) is 15.9 Å². The van der Waals surface area contributed by atoms with Crippen LogP contribution in [0.5, 0.6) is 0 Å². The Morgan fingerprint density at radius 2 is 1.68 bits per heavy atom. The minimum Gasteiger partial charge on any atom is -0.341 e. The third-order valence-corrected chi connectivity index (χ3v) is 7.36. The Bertz CT molecular complexity index is 816. The molecule has 2 saturated heterocycles. The zero-order chi connectivity index (χ0) is 20.5. The maximum atomic E-state index is 13.9. The normalized spacial score (nSPS) is 25.1. The van der Waals surface area contributed by atoms with Crippen LogP contribution in [-0.4, -0.2) is 74.2 Å². The van der Waals surface area contributed by atoms with E-state index < -0.39 is 26.6 Å². The van der Waals surface area contributed by atoms with Gasteiger partial charge >= 0.3 is 0 Å². The van der Waals surface area contributed by atoms with Crippen molar-refractivity contribution in [2.45, 2.75) is 25.2 Å². The Morgan fingerprint density at radius 1 is 1.07 bits per heavy atom. The van der Waals surface area contributed by atoms with E-state index in [1.807, 2.05) is 9.80 Å². The number of piperidine rings is 1. The maximum Gasteiger partial charge on any atom is 0.246 e. The van der Waals surface area contributed by atoms with E-state index in [9.17, 15) is 22.0 Å². The van der Waals surface area contributed by atoms with E-state index in [-0.39, 0.29) is 25.5 Å². The number of carbonyl (C=O) groups excluding carboxylic acids is 1. The molecule has 0 bridgehead atoms. The fourth-order valence-electron chi connectivity index (χ4n) is 4.11. The molecule has 2 aliphatic heterocycles. The van der Waals surface area contributed by atoms with Crippen molar-refractivity contribution in [3.05, 3.63) is 29.8 Å². The van der Waals surface area contributed by atoms with Crippen LogP contribution in [0.3, 0.4) is 0 Å². The molecule has 2 aliphatic rings. The fourth-order valence-corrected chi connectivity index (χ4v) is 5.58. The van der Waals surface area contributed by atoms with E-state index in [2.05, 4.69) is 13.8 Å². The van der Waals surface area contributed by atoms with Crippen molar-refractivity contribution in [1.29, 1.82) is 0 Å². The van der Waals surface area contributed by atoms with Crippen molar-refractivity contribution in [2.75, 3.05) is 45.8 Å². The minimum atomic E-state index is -4.03. The van der Waals surface area contributed by atoms with Gasteiger partial charge in [-0.3, -0.25) is 9.69 Å². The molecule has 6 nitrogen and oxygen atoms in total. The minimum absolute atomic E-state index is 0.0688. The van der Waals surface area contributed by atoms with Gasteiger partial charge in [-0.05, 0) is 30.4 Å². The molecule has 0 radical (unpaired) electrons. The van der Waals surface area contributed by atoms with E-state index in [1.54, 1.807) is 0 Å². The second-order valence-electron chi connectivity index (χ2n) is 8.00. The van der Waals surface area contributed by atoms with Crippen LogP contribution in [0.4, 0.5) is 8.78 Å². The molecule has 0 aliphatic carbocycles. The molecule has 3 rings (SSSR count). The Hall–Kier alpha value is -1.58. The summed E-state index contributed by atoms with van der Waals surface area (Å²) in [5.41, 5.74) is 0. The molecular formula is C19H27F2N3O3S. The molecule has 2 heterocycles. The Balaban J connectivity index is 1.57. The molecule has 28 heavy (non-hydrogen) atoms. The van der Waals surface area contributed by atoms with Gasteiger partial charge in [-0.1, -0.05) is 13.8 Å². The van der Waals surface area contributed by atoms with Gasteiger partial charge < -0.3 is 4.90 Å². The zero-order valence-electron chi connectivity index (χ0n) is 16.3. The molecule has 0 spiro atoms. The van der Waals surface area contributed by atoms with Gasteiger partial charge in [0.1, 0.15) is 16.5 Å². The number of halogens is 2. The van der Waals surface area contributed by atoms with Gasteiger partial charge in [0, 0.05) is 45.3 Å². The first kappa shape index (κ1) is 21.1. The summed E-state index contributed by atoms with van der Waals surface area (Å²) in [6.07, 6.45) is 1.13. The highest BCUT2D eigenvalue weighted by Crippen LogP contribution is 2.23. The third kappa shape index (κ3) is 4.69. The summed E-state index contributed by atoms with van der Waals surface area (Å²) in [4.78, 5) is 15.9. The van der Waals surface area contributed by atoms with Crippen LogP contribution in [0.15, 0.2) is 23.1 Å². The number of hydrogen-bond acceptors (Lipinski definition) is 4. The van der Waals surface area contributed by atoms with Crippen LogP contribution in [0.2, 0.25) is 0 Å². The molecule has 1 amide bonds. The van der Waals surface area contributed by atoms with Crippen LogP contribution in [0.25, 0.3) is 0 Å². The van der Waals surface area contributed by atoms with Gasteiger partial charge in [0.25, 0.3) is 0 Å². The molecule has 2 fully saturated rings. The number of hydrogen-bond donors (Lipinski definition) is 0. The zero-order valence-corrected chi connectivity index (χ0v) is 17.1. The average molecular weight is 416 g/mol. The van der Waals surface area contributed by atoms with Gasteiger partial charge in [-0.15, -0.1) is 0 Å². The Kier molecular flexibility index (Phi) is 6.36. The number of piperazine rings is 1. The number of amides is 1. The van der Waals surface area contributed by atoms with Crippen LogP contribution in [0, 0.1) is 23.5 Å². The van der Waals surface area contributed by atoms with Crippen LogP contribution < -0.4 is 0 Å². The Morgan fingerprint density at radius 3 is 2.25 bits per heavy atom. The predicted molar refractivity (Wildman–Crippen MR) is 101 cm³/mol. The van der Waals surface area contributed by atoms with E-state index in [1.165, 1.54) is 4.31 Å². The molecule has 2 unspecified atom stereocenters. The number of carbonyl (C=O) groups is 1. The third-order valence-electron chi connectivity index (χ3n) is 5.42. The van der Waals surface area contributed by atoms with Crippen LogP contribution in [0.1, 0.15) is 20.3 Å². The second kappa shape index (κ2) is 8.42. The molecular weight excluding hydrogens is 388 g/mol. The summed E-state index contributed by atoms with van der Waals surface area (Å²) in [7, 11) is -4.03. The summed E-state index contributed by atoms with van der Waals surface area (Å²) >= 11 is 0. The molecule has 156 valence electrons. The largest absolute Gasteiger partial charge is 0.341 e. The number of nitrogens with zero attached hydrogens (tertiary/aromatic N) is 3. The maximum absolute atomic E-state index is 13.9. The number of benzene rings is 1. The van der Waals surface area contributed by atoms with Crippen LogP contribution >= 0.6 is 0 Å². The molecule has 2 atom stereocenters. The summed E-state index contributed by atoms with van der Waals surface area (Å²) < 4.78 is 53.4. The van der Waals surface area contributed by atoms with E-state index in [0.29, 0.717) is 31.0 Å². The summed E-state index contributed by atoms with van der Waals surface area (Å²) in [6, 6.07) is 2.46. The lowest BCUT2D eigenvalue weighted by Crippen LogP contribution is -2.53. The van der Waals surface area contributed by atoms with Gasteiger partial charge in [-0.2, -0.15) is 4.31 Å². The second-order valence-corrected chi connectivity index (χ2v) is 9.91. The summed E-state index contributed by atoms with van der Waals surface area (Å²) in [5, 5.41) is 0. The van der Waals surface area contributed by atoms with Crippen molar-refractivity contribution in [3.63, 3.8) is 0 Å². The molecule has 9 heteroatoms. The van der Waals surface area contributed by atoms with Gasteiger partial charge in [0.05, 0.1) is 6.54 Å². The number of rotatable bonds is 4. The SMILES string of the molecule is CC1CC(C)CN(C(=O)CN2CCN(S(=O)(=O)c3ccc(F)cc3F)CC2)C1. The molecule has 1 aromatic rings.